The van der Waals surface area contributed by atoms with Crippen LogP contribution in [-0.2, 0) is 27.5 Å². The summed E-state index contributed by atoms with van der Waals surface area (Å²) in [5, 5.41) is 12.1. The van der Waals surface area contributed by atoms with Crippen molar-refractivity contribution in [1.82, 2.24) is 10.2 Å². The van der Waals surface area contributed by atoms with Gasteiger partial charge >= 0.3 is 21.7 Å². The van der Waals surface area contributed by atoms with Crippen molar-refractivity contribution in [2.75, 3.05) is 13.2 Å². The van der Waals surface area contributed by atoms with Crippen molar-refractivity contribution >= 4 is 57.1 Å². The van der Waals surface area contributed by atoms with Crippen molar-refractivity contribution in [3.05, 3.63) is 0 Å². The monoisotopic (exact) mass is 427 g/mol. The molecule has 2 aliphatic rings. The minimum atomic E-state index is -5.25. The number of urea groups is 1. The molecule has 13 nitrogen and oxygen atoms in total. The van der Waals surface area contributed by atoms with Gasteiger partial charge in [0.1, 0.15) is 12.3 Å². The summed E-state index contributed by atoms with van der Waals surface area (Å²) in [5.41, 5.74) is 0. The van der Waals surface area contributed by atoms with Crippen molar-refractivity contribution in [3.63, 3.8) is 0 Å². The Bertz CT molecular complexity index is 642. The average Bonchev–Trinajstić information content (AvgIpc) is 2.79. The van der Waals surface area contributed by atoms with Gasteiger partial charge in [0.05, 0.1) is 18.6 Å². The maximum absolute atomic E-state index is 11.8. The van der Waals surface area contributed by atoms with Gasteiger partial charge in [-0.05, 0) is 0 Å². The molecule has 5 atom stereocenters. The summed E-state index contributed by atoms with van der Waals surface area (Å²) in [5.74, 6) is -0.918. The molecular formula is C10H18N2NaO11P2. The van der Waals surface area contributed by atoms with Gasteiger partial charge in [-0.25, -0.2) is 13.9 Å². The van der Waals surface area contributed by atoms with E-state index in [9.17, 15) is 28.7 Å². The summed E-state index contributed by atoms with van der Waals surface area (Å²) < 4.78 is 35.3. The molecule has 2 aliphatic heterocycles. The Labute approximate surface area is 170 Å². The van der Waals surface area contributed by atoms with Crippen molar-refractivity contribution < 1.29 is 52.1 Å². The number of ether oxygens (including phenoxy) is 1. The first-order chi connectivity index (χ1) is 11.4. The fraction of sp³-hybridized carbons (Fsp3) is 0.800. The predicted octanol–water partition coefficient (Wildman–Crippen LogP) is -1.50. The number of hydrogen-bond donors (Lipinski definition) is 5. The topological polar surface area (TPSA) is 192 Å². The molecule has 145 valence electrons. The van der Waals surface area contributed by atoms with E-state index < -0.39 is 58.5 Å². The Morgan fingerprint density at radius 3 is 2.50 bits per heavy atom. The average molecular weight is 427 g/mol. The fourth-order valence-electron chi connectivity index (χ4n) is 2.39. The third kappa shape index (κ3) is 6.62. The van der Waals surface area contributed by atoms with Crippen LogP contribution in [0.15, 0.2) is 0 Å². The first kappa shape index (κ1) is 24.2. The van der Waals surface area contributed by atoms with E-state index in [-0.39, 0.29) is 42.5 Å². The second-order valence-corrected chi connectivity index (χ2v) is 8.45. The third-order valence-corrected chi connectivity index (χ3v) is 5.72. The van der Waals surface area contributed by atoms with Crippen LogP contribution in [0.4, 0.5) is 4.79 Å². The molecular weight excluding hydrogens is 409 g/mol. The quantitative estimate of drug-likeness (QED) is 0.245. The van der Waals surface area contributed by atoms with E-state index in [1.54, 1.807) is 6.92 Å². The van der Waals surface area contributed by atoms with Gasteiger partial charge in [-0.1, -0.05) is 6.92 Å². The molecule has 0 aromatic heterocycles. The van der Waals surface area contributed by atoms with Gasteiger partial charge in [-0.2, -0.15) is 4.31 Å². The molecule has 2 unspecified atom stereocenters. The molecule has 0 spiro atoms. The Balaban J connectivity index is 0.00000338. The number of phosphoric ester groups is 1. The van der Waals surface area contributed by atoms with Gasteiger partial charge in [0.2, 0.25) is 5.91 Å². The van der Waals surface area contributed by atoms with Gasteiger partial charge in [-0.3, -0.25) is 19.5 Å². The molecule has 0 saturated carbocycles. The van der Waals surface area contributed by atoms with Crippen molar-refractivity contribution in [2.24, 2.45) is 5.92 Å². The van der Waals surface area contributed by atoms with E-state index in [1.807, 2.05) is 0 Å². The van der Waals surface area contributed by atoms with E-state index in [0.717, 1.165) is 0 Å². The fourth-order valence-corrected chi connectivity index (χ4v) is 3.99. The number of nitrogens with zero attached hydrogens (tertiary/aromatic N) is 1. The summed E-state index contributed by atoms with van der Waals surface area (Å²) in [4.78, 5) is 50.6. The van der Waals surface area contributed by atoms with E-state index in [2.05, 4.69) is 14.2 Å². The second kappa shape index (κ2) is 9.08. The molecule has 0 aromatic rings. The van der Waals surface area contributed by atoms with Crippen LogP contribution in [0.2, 0.25) is 0 Å². The van der Waals surface area contributed by atoms with Gasteiger partial charge in [-0.15, -0.1) is 0 Å². The molecule has 26 heavy (non-hydrogen) atoms. The molecule has 16 heteroatoms. The molecule has 1 radical (unpaired) electrons. The predicted molar refractivity (Wildman–Crippen MR) is 83.4 cm³/mol. The molecule has 2 fully saturated rings. The SMILES string of the molecule is CC1CN([C@H]2C[C@H](O)[C@@H](COP(=O)(O)OP(=O)(O)O)O2)C(=O)NC1=O.[Na]. The summed E-state index contributed by atoms with van der Waals surface area (Å²) in [6.07, 6.45) is -3.27. The normalized spacial score (nSPS) is 32.0. The summed E-state index contributed by atoms with van der Waals surface area (Å²) in [7, 11) is -10.3. The number of phosphoric acid groups is 2. The maximum atomic E-state index is 11.8. The van der Waals surface area contributed by atoms with Gasteiger partial charge in [0, 0.05) is 42.5 Å². The number of nitrogens with one attached hydrogen (secondary N) is 1. The number of aliphatic hydroxyl groups is 1. The van der Waals surface area contributed by atoms with Crippen LogP contribution in [0.1, 0.15) is 13.3 Å². The number of aliphatic hydroxyl groups excluding tert-OH is 1. The molecule has 0 aliphatic carbocycles. The molecule has 2 saturated heterocycles. The Kier molecular flexibility index (Phi) is 8.44. The first-order valence-corrected chi connectivity index (χ1v) is 10.1. The van der Waals surface area contributed by atoms with Crippen LogP contribution < -0.4 is 5.32 Å². The molecule has 0 aromatic carbocycles. The Morgan fingerprint density at radius 1 is 1.31 bits per heavy atom. The van der Waals surface area contributed by atoms with Gasteiger partial charge < -0.3 is 24.5 Å². The van der Waals surface area contributed by atoms with Crippen LogP contribution in [0.5, 0.6) is 0 Å². The summed E-state index contributed by atoms with van der Waals surface area (Å²) in [6.45, 7) is 0.951. The Morgan fingerprint density at radius 2 is 1.92 bits per heavy atom. The van der Waals surface area contributed by atoms with Crippen LogP contribution in [0.25, 0.3) is 0 Å². The van der Waals surface area contributed by atoms with E-state index in [0.29, 0.717) is 0 Å². The van der Waals surface area contributed by atoms with Crippen LogP contribution in [0, 0.1) is 5.92 Å². The zero-order chi connectivity index (χ0) is 19.0. The van der Waals surface area contributed by atoms with Crippen molar-refractivity contribution in [1.29, 1.82) is 0 Å². The van der Waals surface area contributed by atoms with Gasteiger partial charge in [0.25, 0.3) is 0 Å². The number of rotatable bonds is 6. The minimum Gasteiger partial charge on any atom is -0.390 e. The van der Waals surface area contributed by atoms with E-state index >= 15 is 0 Å². The van der Waals surface area contributed by atoms with E-state index in [4.69, 9.17) is 14.5 Å². The van der Waals surface area contributed by atoms with Crippen molar-refractivity contribution in [3.8, 4) is 0 Å². The molecule has 3 amide bonds. The molecule has 0 bridgehead atoms. The summed E-state index contributed by atoms with van der Waals surface area (Å²) >= 11 is 0. The Hall–Kier alpha value is 0.120. The second-order valence-electron chi connectivity index (χ2n) is 5.62. The first-order valence-electron chi connectivity index (χ1n) is 7.07. The number of hydrogen-bond acceptors (Lipinski definition) is 8. The zero-order valence-electron chi connectivity index (χ0n) is 13.9. The summed E-state index contributed by atoms with van der Waals surface area (Å²) in [6, 6.07) is -0.695. The molecule has 2 heterocycles. The third-order valence-electron chi connectivity index (χ3n) is 3.57. The van der Waals surface area contributed by atoms with Gasteiger partial charge in [0.15, 0.2) is 0 Å². The van der Waals surface area contributed by atoms with Crippen LogP contribution in [0.3, 0.4) is 0 Å². The molecule has 5 N–H and O–H groups in total. The number of imide groups is 1. The smallest absolute Gasteiger partial charge is 0.390 e. The van der Waals surface area contributed by atoms with Crippen LogP contribution in [-0.4, -0.2) is 97.8 Å². The number of carbonyl (C=O) groups is 2. The van der Waals surface area contributed by atoms with E-state index in [1.165, 1.54) is 4.90 Å². The maximum Gasteiger partial charge on any atom is 0.481 e. The van der Waals surface area contributed by atoms with Crippen molar-refractivity contribution in [2.45, 2.75) is 31.8 Å². The number of carbonyl (C=O) groups excluding carboxylic acids is 2. The standard InChI is InChI=1S/C10H18N2O11P2.Na/c1-5-3-12(10(15)11-9(5)14)8-2-6(13)7(22-8)4-21-25(19,20)23-24(16,17)18;/h5-8,13H,2-4H2,1H3,(H,19,20)(H,11,14,15)(H2,16,17,18);/t5?,6-,7+,8+;/m0./s1. The van der Waals surface area contributed by atoms with Crippen LogP contribution >= 0.6 is 15.6 Å². The number of amides is 3. The molecule has 2 rings (SSSR count). The largest absolute Gasteiger partial charge is 0.481 e. The zero-order valence-corrected chi connectivity index (χ0v) is 17.7. The minimum absolute atomic E-state index is 0.